The molecular formula is C13H15NO4. The van der Waals surface area contributed by atoms with Crippen LogP contribution < -0.4 is 0 Å². The topological polar surface area (TPSA) is 77.8 Å². The summed E-state index contributed by atoms with van der Waals surface area (Å²) in [5.41, 5.74) is 1.18. The number of aliphatic carboxylic acids is 1. The summed E-state index contributed by atoms with van der Waals surface area (Å²) in [4.78, 5) is 24.3. The van der Waals surface area contributed by atoms with Crippen LogP contribution in [0, 0.1) is 0 Å². The highest BCUT2D eigenvalue weighted by molar-refractivity contribution is 5.96. The van der Waals surface area contributed by atoms with Crippen LogP contribution in [0.15, 0.2) is 24.3 Å². The molecule has 1 amide bonds. The van der Waals surface area contributed by atoms with Gasteiger partial charge in [-0.2, -0.15) is 0 Å². The van der Waals surface area contributed by atoms with Crippen LogP contribution in [0.4, 0.5) is 0 Å². The van der Waals surface area contributed by atoms with Crippen molar-refractivity contribution in [2.75, 3.05) is 6.54 Å². The van der Waals surface area contributed by atoms with Crippen LogP contribution in [-0.4, -0.2) is 39.6 Å². The number of aliphatic hydroxyl groups excluding tert-OH is 1. The number of rotatable bonds is 5. The minimum Gasteiger partial charge on any atom is -0.480 e. The van der Waals surface area contributed by atoms with E-state index in [0.717, 1.165) is 18.4 Å². The summed E-state index contributed by atoms with van der Waals surface area (Å²) in [6, 6.07) is 6.63. The Morgan fingerprint density at radius 3 is 2.28 bits per heavy atom. The van der Waals surface area contributed by atoms with Crippen molar-refractivity contribution in [3.8, 4) is 0 Å². The average Bonchev–Trinajstić information content (AvgIpc) is 3.19. The Bertz CT molecular complexity index is 451. The van der Waals surface area contributed by atoms with Gasteiger partial charge in [0.1, 0.15) is 6.54 Å². The summed E-state index contributed by atoms with van der Waals surface area (Å²) in [7, 11) is 0. The molecule has 1 fully saturated rings. The largest absolute Gasteiger partial charge is 0.480 e. The molecule has 96 valence electrons. The van der Waals surface area contributed by atoms with Crippen LogP contribution >= 0.6 is 0 Å². The average molecular weight is 249 g/mol. The maximum Gasteiger partial charge on any atom is 0.323 e. The number of carboxylic acids is 1. The van der Waals surface area contributed by atoms with E-state index in [0.29, 0.717) is 5.56 Å². The van der Waals surface area contributed by atoms with Crippen LogP contribution in [0.3, 0.4) is 0 Å². The molecule has 2 N–H and O–H groups in total. The number of carbonyl (C=O) groups is 2. The Morgan fingerprint density at radius 2 is 1.83 bits per heavy atom. The van der Waals surface area contributed by atoms with Crippen LogP contribution in [-0.2, 0) is 11.4 Å². The Morgan fingerprint density at radius 1 is 1.22 bits per heavy atom. The van der Waals surface area contributed by atoms with E-state index in [1.807, 2.05) is 0 Å². The molecule has 0 spiro atoms. The molecule has 0 heterocycles. The lowest BCUT2D eigenvalue weighted by Crippen LogP contribution is -2.37. The quantitative estimate of drug-likeness (QED) is 0.811. The normalized spacial score (nSPS) is 14.3. The van der Waals surface area contributed by atoms with Crippen molar-refractivity contribution in [1.82, 2.24) is 4.90 Å². The van der Waals surface area contributed by atoms with E-state index >= 15 is 0 Å². The van der Waals surface area contributed by atoms with Crippen molar-refractivity contribution in [3.05, 3.63) is 35.4 Å². The number of carboxylic acid groups (broad SMARTS) is 1. The minimum atomic E-state index is -0.998. The van der Waals surface area contributed by atoms with Crippen molar-refractivity contribution in [2.24, 2.45) is 0 Å². The lowest BCUT2D eigenvalue weighted by Gasteiger charge is -2.20. The van der Waals surface area contributed by atoms with Gasteiger partial charge in [0, 0.05) is 11.6 Å². The molecule has 2 rings (SSSR count). The third kappa shape index (κ3) is 2.87. The summed E-state index contributed by atoms with van der Waals surface area (Å²) in [6.07, 6.45) is 1.74. The first-order valence-electron chi connectivity index (χ1n) is 5.84. The highest BCUT2D eigenvalue weighted by atomic mass is 16.4. The zero-order chi connectivity index (χ0) is 13.1. The van der Waals surface area contributed by atoms with Crippen LogP contribution in [0.2, 0.25) is 0 Å². The molecule has 18 heavy (non-hydrogen) atoms. The third-order valence-corrected chi connectivity index (χ3v) is 2.94. The molecule has 5 nitrogen and oxygen atoms in total. The van der Waals surface area contributed by atoms with Gasteiger partial charge in [0.25, 0.3) is 5.91 Å². The zero-order valence-corrected chi connectivity index (χ0v) is 9.87. The minimum absolute atomic E-state index is 0.0612. The molecule has 0 atom stereocenters. The SMILES string of the molecule is O=C(O)CN(C(=O)c1ccc(CO)cc1)C1CC1. The second-order valence-electron chi connectivity index (χ2n) is 4.41. The molecule has 1 aromatic rings. The van der Waals surface area contributed by atoms with Crippen LogP contribution in [0.25, 0.3) is 0 Å². The van der Waals surface area contributed by atoms with Gasteiger partial charge in [0.05, 0.1) is 6.61 Å². The number of aliphatic hydroxyl groups is 1. The number of benzene rings is 1. The van der Waals surface area contributed by atoms with Gasteiger partial charge in [-0.3, -0.25) is 9.59 Å². The van der Waals surface area contributed by atoms with Gasteiger partial charge < -0.3 is 15.1 Å². The summed E-state index contributed by atoms with van der Waals surface area (Å²) in [5.74, 6) is -1.26. The standard InChI is InChI=1S/C13H15NO4/c15-8-9-1-3-10(4-2-9)13(18)14(7-12(16)17)11-5-6-11/h1-4,11,15H,5-8H2,(H,16,17). The molecule has 1 aliphatic rings. The summed E-state index contributed by atoms with van der Waals surface area (Å²) < 4.78 is 0. The van der Waals surface area contributed by atoms with E-state index < -0.39 is 5.97 Å². The molecule has 0 aliphatic heterocycles. The molecule has 0 radical (unpaired) electrons. The molecule has 0 saturated heterocycles. The fourth-order valence-corrected chi connectivity index (χ4v) is 1.82. The van der Waals surface area contributed by atoms with Crippen molar-refractivity contribution < 1.29 is 19.8 Å². The molecular weight excluding hydrogens is 234 g/mol. The van der Waals surface area contributed by atoms with E-state index in [2.05, 4.69) is 0 Å². The predicted molar refractivity (Wildman–Crippen MR) is 64.1 cm³/mol. The molecule has 0 aromatic heterocycles. The maximum absolute atomic E-state index is 12.2. The molecule has 0 unspecified atom stereocenters. The smallest absolute Gasteiger partial charge is 0.323 e. The number of hydrogen-bond acceptors (Lipinski definition) is 3. The van der Waals surface area contributed by atoms with Gasteiger partial charge in [-0.15, -0.1) is 0 Å². The first kappa shape index (κ1) is 12.6. The highest BCUT2D eigenvalue weighted by Crippen LogP contribution is 2.28. The lowest BCUT2D eigenvalue weighted by atomic mass is 10.1. The summed E-state index contributed by atoms with van der Waals surface area (Å²) in [5, 5.41) is 17.7. The van der Waals surface area contributed by atoms with Crippen molar-refractivity contribution >= 4 is 11.9 Å². The molecule has 1 saturated carbocycles. The van der Waals surface area contributed by atoms with E-state index in [1.165, 1.54) is 4.90 Å². The van der Waals surface area contributed by atoms with E-state index in [9.17, 15) is 9.59 Å². The van der Waals surface area contributed by atoms with Crippen molar-refractivity contribution in [3.63, 3.8) is 0 Å². The van der Waals surface area contributed by atoms with Gasteiger partial charge in [-0.1, -0.05) is 12.1 Å². The number of carbonyl (C=O) groups excluding carboxylic acids is 1. The van der Waals surface area contributed by atoms with Crippen LogP contribution in [0.1, 0.15) is 28.8 Å². The number of nitrogens with zero attached hydrogens (tertiary/aromatic N) is 1. The Hall–Kier alpha value is -1.88. The second kappa shape index (κ2) is 5.18. The predicted octanol–water partition coefficient (Wildman–Crippen LogP) is 0.868. The van der Waals surface area contributed by atoms with Gasteiger partial charge in [-0.05, 0) is 30.5 Å². The van der Waals surface area contributed by atoms with E-state index in [-0.39, 0.29) is 25.1 Å². The second-order valence-corrected chi connectivity index (χ2v) is 4.41. The summed E-state index contributed by atoms with van der Waals surface area (Å²) in [6.45, 7) is -0.332. The van der Waals surface area contributed by atoms with Crippen molar-refractivity contribution in [2.45, 2.75) is 25.5 Å². The molecule has 0 bridgehead atoms. The first-order valence-corrected chi connectivity index (χ1v) is 5.84. The Kier molecular flexibility index (Phi) is 3.62. The Labute approximate surface area is 105 Å². The van der Waals surface area contributed by atoms with Crippen LogP contribution in [0.5, 0.6) is 0 Å². The molecule has 1 aromatic carbocycles. The van der Waals surface area contributed by atoms with Gasteiger partial charge >= 0.3 is 5.97 Å². The van der Waals surface area contributed by atoms with Gasteiger partial charge in [0.2, 0.25) is 0 Å². The third-order valence-electron chi connectivity index (χ3n) is 2.94. The number of hydrogen-bond donors (Lipinski definition) is 2. The Balaban J connectivity index is 2.13. The van der Waals surface area contributed by atoms with Crippen molar-refractivity contribution in [1.29, 1.82) is 0 Å². The van der Waals surface area contributed by atoms with E-state index in [1.54, 1.807) is 24.3 Å². The fraction of sp³-hybridized carbons (Fsp3) is 0.385. The molecule has 5 heteroatoms. The van der Waals surface area contributed by atoms with Gasteiger partial charge in [0.15, 0.2) is 0 Å². The van der Waals surface area contributed by atoms with E-state index in [4.69, 9.17) is 10.2 Å². The maximum atomic E-state index is 12.2. The fourth-order valence-electron chi connectivity index (χ4n) is 1.82. The number of amides is 1. The zero-order valence-electron chi connectivity index (χ0n) is 9.87. The molecule has 1 aliphatic carbocycles. The highest BCUT2D eigenvalue weighted by Gasteiger charge is 2.34. The summed E-state index contributed by atoms with van der Waals surface area (Å²) >= 11 is 0. The monoisotopic (exact) mass is 249 g/mol. The van der Waals surface area contributed by atoms with Gasteiger partial charge in [-0.25, -0.2) is 0 Å². The lowest BCUT2D eigenvalue weighted by molar-refractivity contribution is -0.137. The first-order chi connectivity index (χ1) is 8.61.